The number of allylic oxidation sites excluding steroid dienone is 2. The molecule has 3 N–H and O–H groups in total. The molecule has 1 unspecified atom stereocenters. The van der Waals surface area contributed by atoms with E-state index in [4.69, 9.17) is 0 Å². The molecule has 0 aliphatic carbocycles. The van der Waals surface area contributed by atoms with Crippen molar-refractivity contribution < 1.29 is 4.79 Å². The topological polar surface area (TPSA) is 66.0 Å². The first kappa shape index (κ1) is 13.2. The van der Waals surface area contributed by atoms with Gasteiger partial charge in [-0.25, -0.2) is 0 Å². The minimum absolute atomic E-state index is 0.115. The maximum Gasteiger partial charge on any atom is 0.254 e. The van der Waals surface area contributed by atoms with Crippen LogP contribution in [-0.4, -0.2) is 23.6 Å². The highest BCUT2D eigenvalue weighted by Gasteiger charge is 2.14. The lowest BCUT2D eigenvalue weighted by atomic mass is 10.1. The van der Waals surface area contributed by atoms with Crippen LogP contribution in [0.1, 0.15) is 5.69 Å². The molecule has 2 aliphatic heterocycles. The molecule has 1 aromatic heterocycles. The molecule has 2 aliphatic rings. The van der Waals surface area contributed by atoms with E-state index in [1.807, 2.05) is 48.7 Å². The fourth-order valence-corrected chi connectivity index (χ4v) is 2.10. The Morgan fingerprint density at radius 3 is 2.90 bits per heavy atom. The van der Waals surface area contributed by atoms with E-state index in [0.29, 0.717) is 5.57 Å². The van der Waals surface area contributed by atoms with Crippen LogP contribution in [0, 0.1) is 0 Å². The van der Waals surface area contributed by atoms with Gasteiger partial charge >= 0.3 is 0 Å². The van der Waals surface area contributed by atoms with Gasteiger partial charge in [-0.05, 0) is 18.2 Å². The number of aromatic nitrogens is 1. The second-order valence-electron chi connectivity index (χ2n) is 4.70. The number of carbonyl (C=O) groups excluding carboxylic acids is 1. The van der Waals surface area contributed by atoms with Crippen LogP contribution in [0.25, 0.3) is 5.57 Å². The standard InChI is InChI=1S/C16H16N4O/c21-16(13-4-3-8-17-10-13)20-15-7-6-12(11-19-15)14-5-1-2-9-18-14/h1-7,9-11,15,17,19H,8H2,(H,20,21). The fraction of sp³-hybridized carbons (Fsp3) is 0.125. The molecule has 1 amide bonds. The SMILES string of the molecule is O=C(NC1C=CC(c2ccccn2)=CN1)C1=CNCC=C1. The maximum atomic E-state index is 12.0. The van der Waals surface area contributed by atoms with Crippen LogP contribution >= 0.6 is 0 Å². The minimum atomic E-state index is -0.221. The van der Waals surface area contributed by atoms with E-state index in [1.54, 1.807) is 12.4 Å². The quantitative estimate of drug-likeness (QED) is 0.775. The Morgan fingerprint density at radius 1 is 1.29 bits per heavy atom. The molecule has 5 heteroatoms. The molecule has 21 heavy (non-hydrogen) atoms. The number of nitrogens with one attached hydrogen (secondary N) is 3. The molecule has 0 spiro atoms. The molecule has 1 aromatic rings. The normalized spacial score (nSPS) is 19.9. The van der Waals surface area contributed by atoms with E-state index in [0.717, 1.165) is 17.8 Å². The molecule has 0 bridgehead atoms. The van der Waals surface area contributed by atoms with Crippen molar-refractivity contribution in [1.82, 2.24) is 20.9 Å². The van der Waals surface area contributed by atoms with Crippen molar-refractivity contribution >= 4 is 11.5 Å². The number of rotatable bonds is 3. The first-order chi connectivity index (χ1) is 10.3. The van der Waals surface area contributed by atoms with Gasteiger partial charge < -0.3 is 16.0 Å². The van der Waals surface area contributed by atoms with Crippen molar-refractivity contribution in [3.05, 3.63) is 72.4 Å². The molecular weight excluding hydrogens is 264 g/mol. The van der Waals surface area contributed by atoms with Gasteiger partial charge in [0.25, 0.3) is 5.91 Å². The molecule has 0 radical (unpaired) electrons. The second-order valence-corrected chi connectivity index (χ2v) is 4.70. The van der Waals surface area contributed by atoms with Gasteiger partial charge in [0.2, 0.25) is 0 Å². The monoisotopic (exact) mass is 280 g/mol. The largest absolute Gasteiger partial charge is 0.387 e. The van der Waals surface area contributed by atoms with E-state index in [9.17, 15) is 4.79 Å². The zero-order valence-electron chi connectivity index (χ0n) is 11.4. The molecule has 0 saturated heterocycles. The third-order valence-electron chi connectivity index (χ3n) is 3.19. The minimum Gasteiger partial charge on any atom is -0.387 e. The predicted octanol–water partition coefficient (Wildman–Crippen LogP) is 1.07. The van der Waals surface area contributed by atoms with Gasteiger partial charge in [0.05, 0.1) is 11.3 Å². The third-order valence-corrected chi connectivity index (χ3v) is 3.19. The first-order valence-corrected chi connectivity index (χ1v) is 6.80. The molecule has 5 nitrogen and oxygen atoms in total. The Bertz CT molecular complexity index is 644. The number of nitrogens with zero attached hydrogens (tertiary/aromatic N) is 1. The molecule has 1 atom stereocenters. The molecular formula is C16H16N4O. The second kappa shape index (κ2) is 6.09. The summed E-state index contributed by atoms with van der Waals surface area (Å²) in [6, 6.07) is 5.77. The Labute approximate surface area is 123 Å². The number of dihydropyridines is 2. The van der Waals surface area contributed by atoms with E-state index >= 15 is 0 Å². The van der Waals surface area contributed by atoms with Crippen LogP contribution in [0.3, 0.4) is 0 Å². The highest BCUT2D eigenvalue weighted by atomic mass is 16.1. The zero-order valence-corrected chi connectivity index (χ0v) is 11.4. The highest BCUT2D eigenvalue weighted by Crippen LogP contribution is 2.15. The molecule has 0 saturated carbocycles. The van der Waals surface area contributed by atoms with Crippen LogP contribution in [0.2, 0.25) is 0 Å². The lowest BCUT2D eigenvalue weighted by Gasteiger charge is -2.20. The summed E-state index contributed by atoms with van der Waals surface area (Å²) in [7, 11) is 0. The first-order valence-electron chi connectivity index (χ1n) is 6.80. The van der Waals surface area contributed by atoms with Crippen molar-refractivity contribution in [3.63, 3.8) is 0 Å². The maximum absolute atomic E-state index is 12.0. The van der Waals surface area contributed by atoms with Crippen molar-refractivity contribution in [2.45, 2.75) is 6.17 Å². The zero-order chi connectivity index (χ0) is 14.5. The summed E-state index contributed by atoms with van der Waals surface area (Å²) in [6.45, 7) is 0.758. The van der Waals surface area contributed by atoms with Gasteiger partial charge in [-0.15, -0.1) is 0 Å². The van der Waals surface area contributed by atoms with Gasteiger partial charge in [0.1, 0.15) is 6.17 Å². The van der Waals surface area contributed by atoms with Gasteiger partial charge in [-0.2, -0.15) is 0 Å². The summed E-state index contributed by atoms with van der Waals surface area (Å²) >= 11 is 0. The van der Waals surface area contributed by atoms with Crippen molar-refractivity contribution in [2.75, 3.05) is 6.54 Å². The Kier molecular flexibility index (Phi) is 3.82. The van der Waals surface area contributed by atoms with E-state index in [-0.39, 0.29) is 12.1 Å². The summed E-state index contributed by atoms with van der Waals surface area (Å²) in [4.78, 5) is 16.3. The predicted molar refractivity (Wildman–Crippen MR) is 81.6 cm³/mol. The Balaban J connectivity index is 1.60. The molecule has 0 fully saturated rings. The summed E-state index contributed by atoms with van der Waals surface area (Å²) in [6.07, 6.45) is 12.7. The molecule has 106 valence electrons. The Hall–Kier alpha value is -2.82. The van der Waals surface area contributed by atoms with Gasteiger partial charge in [-0.3, -0.25) is 9.78 Å². The van der Waals surface area contributed by atoms with Crippen molar-refractivity contribution in [1.29, 1.82) is 0 Å². The van der Waals surface area contributed by atoms with E-state index in [2.05, 4.69) is 20.9 Å². The highest BCUT2D eigenvalue weighted by molar-refractivity contribution is 5.96. The number of carbonyl (C=O) groups is 1. The molecule has 0 aromatic carbocycles. The average molecular weight is 280 g/mol. The van der Waals surface area contributed by atoms with Gasteiger partial charge in [0, 0.05) is 30.7 Å². The van der Waals surface area contributed by atoms with Crippen molar-refractivity contribution in [3.8, 4) is 0 Å². The summed E-state index contributed by atoms with van der Waals surface area (Å²) in [5.41, 5.74) is 2.50. The van der Waals surface area contributed by atoms with E-state index < -0.39 is 0 Å². The number of pyridine rings is 1. The van der Waals surface area contributed by atoms with Crippen LogP contribution in [0.15, 0.2) is 66.7 Å². The molecule has 3 heterocycles. The van der Waals surface area contributed by atoms with Gasteiger partial charge in [-0.1, -0.05) is 24.3 Å². The van der Waals surface area contributed by atoms with Crippen LogP contribution in [0.5, 0.6) is 0 Å². The summed E-state index contributed by atoms with van der Waals surface area (Å²) < 4.78 is 0. The van der Waals surface area contributed by atoms with Crippen LogP contribution < -0.4 is 16.0 Å². The average Bonchev–Trinajstić information content (AvgIpc) is 2.57. The summed E-state index contributed by atoms with van der Waals surface area (Å²) in [5.74, 6) is -0.115. The smallest absolute Gasteiger partial charge is 0.254 e. The lowest BCUT2D eigenvalue weighted by molar-refractivity contribution is -0.117. The molecule has 3 rings (SSSR count). The number of amides is 1. The van der Waals surface area contributed by atoms with Crippen LogP contribution in [0.4, 0.5) is 0 Å². The summed E-state index contributed by atoms with van der Waals surface area (Å²) in [5, 5.41) is 9.06. The fourth-order valence-electron chi connectivity index (χ4n) is 2.10. The number of hydrogen-bond donors (Lipinski definition) is 3. The van der Waals surface area contributed by atoms with E-state index in [1.165, 1.54) is 0 Å². The van der Waals surface area contributed by atoms with Gasteiger partial charge in [0.15, 0.2) is 0 Å². The van der Waals surface area contributed by atoms with Crippen LogP contribution in [-0.2, 0) is 4.79 Å². The lowest BCUT2D eigenvalue weighted by Crippen LogP contribution is -2.43. The third kappa shape index (κ3) is 3.20. The van der Waals surface area contributed by atoms with Crippen molar-refractivity contribution in [2.24, 2.45) is 0 Å². The Morgan fingerprint density at radius 2 is 2.24 bits per heavy atom. The number of hydrogen-bond acceptors (Lipinski definition) is 4.